The van der Waals surface area contributed by atoms with Crippen LogP contribution in [-0.4, -0.2) is 46.5 Å². The Kier molecular flexibility index (Phi) is 4.96. The Labute approximate surface area is 178 Å². The first kappa shape index (κ1) is 18.8. The highest BCUT2D eigenvalue weighted by molar-refractivity contribution is 7.17. The van der Waals surface area contributed by atoms with Crippen molar-refractivity contribution in [1.29, 1.82) is 0 Å². The monoisotopic (exact) mass is 420 g/mol. The van der Waals surface area contributed by atoms with Crippen molar-refractivity contribution in [3.63, 3.8) is 0 Å². The zero-order chi connectivity index (χ0) is 20.5. The van der Waals surface area contributed by atoms with E-state index in [1.54, 1.807) is 23.6 Å². The van der Waals surface area contributed by atoms with Gasteiger partial charge in [-0.05, 0) is 47.3 Å². The molecular formula is C23H21FN4OS. The molecule has 0 radical (unpaired) electrons. The molecule has 0 spiro atoms. The molecule has 7 heteroatoms. The molecule has 4 heterocycles. The number of hydrogen-bond donors (Lipinski definition) is 0. The van der Waals surface area contributed by atoms with Crippen LogP contribution >= 0.6 is 11.3 Å². The summed E-state index contributed by atoms with van der Waals surface area (Å²) < 4.78 is 16.8. The van der Waals surface area contributed by atoms with Crippen LogP contribution in [0.15, 0.2) is 66.2 Å². The summed E-state index contributed by atoms with van der Waals surface area (Å²) in [5, 5.41) is 2.02. The van der Waals surface area contributed by atoms with E-state index in [4.69, 9.17) is 0 Å². The van der Waals surface area contributed by atoms with Crippen molar-refractivity contribution in [2.75, 3.05) is 31.1 Å². The first-order valence-electron chi connectivity index (χ1n) is 9.95. The molecule has 5 rings (SSSR count). The van der Waals surface area contributed by atoms with Gasteiger partial charge in [0.1, 0.15) is 17.3 Å². The van der Waals surface area contributed by atoms with Crippen molar-refractivity contribution in [3.8, 4) is 0 Å². The molecule has 1 aromatic carbocycles. The van der Waals surface area contributed by atoms with E-state index in [1.807, 2.05) is 51.2 Å². The van der Waals surface area contributed by atoms with E-state index in [9.17, 15) is 9.18 Å². The van der Waals surface area contributed by atoms with Crippen LogP contribution < -0.4 is 4.90 Å². The summed E-state index contributed by atoms with van der Waals surface area (Å²) in [6.07, 6.45) is 1.79. The normalized spacial score (nSPS) is 14.4. The first-order chi connectivity index (χ1) is 14.7. The van der Waals surface area contributed by atoms with Crippen LogP contribution in [0.2, 0.25) is 0 Å². The number of halogens is 1. The van der Waals surface area contributed by atoms with Gasteiger partial charge >= 0.3 is 0 Å². The molecule has 0 unspecified atom stereocenters. The Hall–Kier alpha value is -3.19. The summed E-state index contributed by atoms with van der Waals surface area (Å²) in [7, 11) is 0. The van der Waals surface area contributed by atoms with Crippen molar-refractivity contribution in [3.05, 3.63) is 83.2 Å². The van der Waals surface area contributed by atoms with Crippen LogP contribution in [0, 0.1) is 5.82 Å². The number of carbonyl (C=O) groups excluding carboxylic acids is 1. The number of pyridine rings is 1. The number of thiophene rings is 1. The maximum atomic E-state index is 13.7. The smallest absolute Gasteiger partial charge is 0.270 e. The minimum absolute atomic E-state index is 0.0236. The summed E-state index contributed by atoms with van der Waals surface area (Å²) in [6.45, 7) is 3.26. The zero-order valence-corrected chi connectivity index (χ0v) is 17.2. The fourth-order valence-corrected chi connectivity index (χ4v) is 4.81. The Morgan fingerprint density at radius 2 is 1.90 bits per heavy atom. The van der Waals surface area contributed by atoms with Crippen LogP contribution in [0.3, 0.4) is 0 Å². The third-order valence-electron chi connectivity index (χ3n) is 5.51. The summed E-state index contributed by atoms with van der Waals surface area (Å²) in [5.74, 6) is 0.704. The van der Waals surface area contributed by atoms with Gasteiger partial charge in [0.05, 0.1) is 10.2 Å². The number of hydrogen-bond acceptors (Lipinski definition) is 4. The van der Waals surface area contributed by atoms with E-state index in [1.165, 1.54) is 12.1 Å². The van der Waals surface area contributed by atoms with Gasteiger partial charge in [0.2, 0.25) is 0 Å². The second-order valence-electron chi connectivity index (χ2n) is 7.38. The molecule has 0 atom stereocenters. The number of aromatic nitrogens is 2. The predicted molar refractivity (Wildman–Crippen MR) is 118 cm³/mol. The van der Waals surface area contributed by atoms with Gasteiger partial charge in [-0.2, -0.15) is 0 Å². The minimum Gasteiger partial charge on any atom is -0.353 e. The molecular weight excluding hydrogens is 399 g/mol. The number of nitrogens with zero attached hydrogens (tertiary/aromatic N) is 4. The molecule has 3 aromatic heterocycles. The highest BCUT2D eigenvalue weighted by Crippen LogP contribution is 2.27. The number of piperazine rings is 1. The Bertz CT molecular complexity index is 1180. The molecule has 0 aliphatic carbocycles. The maximum absolute atomic E-state index is 13.7. The topological polar surface area (TPSA) is 41.4 Å². The molecule has 30 heavy (non-hydrogen) atoms. The highest BCUT2D eigenvalue weighted by atomic mass is 32.1. The quantitative estimate of drug-likeness (QED) is 0.496. The van der Waals surface area contributed by atoms with E-state index >= 15 is 0 Å². The molecule has 0 bridgehead atoms. The van der Waals surface area contributed by atoms with E-state index < -0.39 is 0 Å². The van der Waals surface area contributed by atoms with Crippen LogP contribution in [0.4, 0.5) is 10.2 Å². The molecule has 152 valence electrons. The van der Waals surface area contributed by atoms with E-state index in [0.717, 1.165) is 34.7 Å². The summed E-state index contributed by atoms with van der Waals surface area (Å²) in [4.78, 5) is 21.9. The third kappa shape index (κ3) is 3.57. The van der Waals surface area contributed by atoms with Crippen molar-refractivity contribution in [1.82, 2.24) is 14.5 Å². The van der Waals surface area contributed by atoms with Crippen LogP contribution in [0.25, 0.3) is 10.2 Å². The van der Waals surface area contributed by atoms with Crippen LogP contribution in [-0.2, 0) is 6.54 Å². The van der Waals surface area contributed by atoms with E-state index in [2.05, 4.69) is 9.88 Å². The van der Waals surface area contributed by atoms with Crippen molar-refractivity contribution in [2.24, 2.45) is 0 Å². The lowest BCUT2D eigenvalue weighted by Crippen LogP contribution is -2.49. The minimum atomic E-state index is -0.264. The summed E-state index contributed by atoms with van der Waals surface area (Å²) in [6, 6.07) is 16.4. The van der Waals surface area contributed by atoms with Gasteiger partial charge in [0, 0.05) is 38.9 Å². The molecule has 1 aliphatic rings. The molecule has 1 amide bonds. The van der Waals surface area contributed by atoms with Crippen molar-refractivity contribution >= 4 is 33.3 Å². The SMILES string of the molecule is O=C(c1cc2sccc2n1Cc1cccc(F)c1)N1CCN(c2ccccn2)CC1. The number of carbonyl (C=O) groups is 1. The maximum Gasteiger partial charge on any atom is 0.270 e. The van der Waals surface area contributed by atoms with Gasteiger partial charge in [-0.3, -0.25) is 4.79 Å². The average Bonchev–Trinajstić information content (AvgIpc) is 3.37. The fourth-order valence-electron chi connectivity index (χ4n) is 3.98. The van der Waals surface area contributed by atoms with Gasteiger partial charge in [0.25, 0.3) is 5.91 Å². The second kappa shape index (κ2) is 7.91. The number of rotatable bonds is 4. The van der Waals surface area contributed by atoms with Gasteiger partial charge in [-0.1, -0.05) is 18.2 Å². The molecule has 0 saturated carbocycles. The van der Waals surface area contributed by atoms with E-state index in [-0.39, 0.29) is 11.7 Å². The van der Waals surface area contributed by atoms with Gasteiger partial charge in [-0.25, -0.2) is 9.37 Å². The van der Waals surface area contributed by atoms with Crippen LogP contribution in [0.5, 0.6) is 0 Å². The molecule has 1 aliphatic heterocycles. The molecule has 1 fully saturated rings. The lowest BCUT2D eigenvalue weighted by atomic mass is 10.2. The largest absolute Gasteiger partial charge is 0.353 e. The summed E-state index contributed by atoms with van der Waals surface area (Å²) in [5.41, 5.74) is 2.51. The first-order valence-corrected chi connectivity index (χ1v) is 10.8. The van der Waals surface area contributed by atoms with Crippen molar-refractivity contribution in [2.45, 2.75) is 6.54 Å². The Morgan fingerprint density at radius 1 is 1.03 bits per heavy atom. The molecule has 1 saturated heterocycles. The van der Waals surface area contributed by atoms with Crippen LogP contribution in [0.1, 0.15) is 16.1 Å². The summed E-state index contributed by atoms with van der Waals surface area (Å²) >= 11 is 1.62. The Morgan fingerprint density at radius 3 is 2.67 bits per heavy atom. The lowest BCUT2D eigenvalue weighted by molar-refractivity contribution is 0.0736. The van der Waals surface area contributed by atoms with Gasteiger partial charge < -0.3 is 14.4 Å². The van der Waals surface area contributed by atoms with Crippen molar-refractivity contribution < 1.29 is 9.18 Å². The molecule has 0 N–H and O–H groups in total. The molecule has 4 aromatic rings. The fraction of sp³-hybridized carbons (Fsp3) is 0.217. The lowest BCUT2D eigenvalue weighted by Gasteiger charge is -2.35. The highest BCUT2D eigenvalue weighted by Gasteiger charge is 2.26. The van der Waals surface area contributed by atoms with Gasteiger partial charge in [0.15, 0.2) is 0 Å². The third-order valence-corrected chi connectivity index (χ3v) is 6.36. The average molecular weight is 421 g/mol. The molecule has 5 nitrogen and oxygen atoms in total. The number of fused-ring (bicyclic) bond motifs is 1. The number of anilines is 1. The number of benzene rings is 1. The standard InChI is InChI=1S/C23H21FN4OS/c24-18-5-3-4-17(14-18)16-28-19-7-13-30-21(19)15-20(28)23(29)27-11-9-26(10-12-27)22-6-1-2-8-25-22/h1-8,13-15H,9-12,16H2. The number of amides is 1. The Balaban J connectivity index is 1.38. The van der Waals surface area contributed by atoms with Gasteiger partial charge in [-0.15, -0.1) is 11.3 Å². The predicted octanol–water partition coefficient (Wildman–Crippen LogP) is 4.25. The second-order valence-corrected chi connectivity index (χ2v) is 8.33. The van der Waals surface area contributed by atoms with E-state index in [0.29, 0.717) is 25.3 Å². The zero-order valence-electron chi connectivity index (χ0n) is 16.4.